The van der Waals surface area contributed by atoms with Crippen molar-refractivity contribution in [1.29, 1.82) is 0 Å². The van der Waals surface area contributed by atoms with Crippen molar-refractivity contribution in [1.82, 2.24) is 15.3 Å². The number of nitrogens with zero attached hydrogens (tertiary/aromatic N) is 4. The van der Waals surface area contributed by atoms with Crippen molar-refractivity contribution in [2.75, 3.05) is 0 Å². The highest BCUT2D eigenvalue weighted by Gasteiger charge is 2.17. The minimum atomic E-state index is -0.272. The van der Waals surface area contributed by atoms with E-state index in [0.717, 1.165) is 16.0 Å². The lowest BCUT2D eigenvalue weighted by Gasteiger charge is -2.04. The molecule has 0 unspecified atom stereocenters. The third-order valence-electron chi connectivity index (χ3n) is 3.60. The third-order valence-corrected chi connectivity index (χ3v) is 3.60. The van der Waals surface area contributed by atoms with E-state index < -0.39 is 0 Å². The first-order valence-electron chi connectivity index (χ1n) is 7.68. The zero-order chi connectivity index (χ0) is 17.8. The predicted octanol–water partition coefficient (Wildman–Crippen LogP) is 2.66. The second-order valence-corrected chi connectivity index (χ2v) is 5.51. The van der Waals surface area contributed by atoms with Crippen LogP contribution in [0, 0.1) is 5.21 Å². The average molecular weight is 338 g/mol. The second kappa shape index (κ2) is 7.04. The van der Waals surface area contributed by atoms with Crippen LogP contribution in [0.5, 0.6) is 0 Å². The molecule has 0 saturated carbocycles. The molecule has 0 fully saturated rings. The van der Waals surface area contributed by atoms with E-state index in [1.807, 2.05) is 13.0 Å². The lowest BCUT2D eigenvalue weighted by molar-refractivity contribution is -0.662. The summed E-state index contributed by atoms with van der Waals surface area (Å²) in [5.41, 5.74) is 3.24. The van der Waals surface area contributed by atoms with E-state index in [2.05, 4.69) is 15.3 Å². The first-order chi connectivity index (χ1) is 12.0. The maximum absolute atomic E-state index is 12.8. The molecule has 0 saturated heterocycles. The van der Waals surface area contributed by atoms with Gasteiger partial charge in [-0.1, -0.05) is 17.4 Å². The number of aromatic amines is 1. The Kier molecular flexibility index (Phi) is 4.65. The van der Waals surface area contributed by atoms with Gasteiger partial charge in [-0.05, 0) is 32.1 Å². The van der Waals surface area contributed by atoms with Crippen LogP contribution in [0.3, 0.4) is 0 Å². The molecule has 1 N–H and O–H groups in total. The molecule has 0 aliphatic carbocycles. The number of halogens is 1. The van der Waals surface area contributed by atoms with Gasteiger partial charge in [0.15, 0.2) is 18.1 Å². The van der Waals surface area contributed by atoms with Crippen LogP contribution in [-0.4, -0.2) is 15.3 Å². The summed E-state index contributed by atoms with van der Waals surface area (Å²) >= 11 is 0. The Morgan fingerprint density at radius 1 is 1.24 bits per heavy atom. The van der Waals surface area contributed by atoms with Crippen molar-refractivity contribution in [2.45, 2.75) is 13.8 Å². The lowest BCUT2D eigenvalue weighted by atomic mass is 10.2. The molecule has 0 spiro atoms. The van der Waals surface area contributed by atoms with Gasteiger partial charge < -0.3 is 5.21 Å². The first-order valence-corrected chi connectivity index (χ1v) is 7.68. The van der Waals surface area contributed by atoms with Crippen LogP contribution in [0.2, 0.25) is 0 Å². The molecule has 0 bridgehead atoms. The fraction of sp³-hybridized carbons (Fsp3) is 0.111. The van der Waals surface area contributed by atoms with Gasteiger partial charge in [-0.25, -0.2) is 9.37 Å². The van der Waals surface area contributed by atoms with Gasteiger partial charge in [0.05, 0.1) is 18.0 Å². The number of rotatable bonds is 4. The fourth-order valence-electron chi connectivity index (χ4n) is 2.26. The molecule has 25 heavy (non-hydrogen) atoms. The van der Waals surface area contributed by atoms with Gasteiger partial charge in [0.2, 0.25) is 11.4 Å². The Labute approximate surface area is 144 Å². The van der Waals surface area contributed by atoms with Gasteiger partial charge >= 0.3 is 0 Å². The van der Waals surface area contributed by atoms with Crippen molar-refractivity contribution in [3.8, 4) is 17.1 Å². The van der Waals surface area contributed by atoms with Gasteiger partial charge in [-0.3, -0.25) is 0 Å². The summed E-state index contributed by atoms with van der Waals surface area (Å²) < 4.78 is 15.3. The predicted molar refractivity (Wildman–Crippen MR) is 90.8 cm³/mol. The highest BCUT2D eigenvalue weighted by Crippen LogP contribution is 2.14. The van der Waals surface area contributed by atoms with Crippen molar-refractivity contribution < 1.29 is 13.8 Å². The summed E-state index contributed by atoms with van der Waals surface area (Å²) in [6.07, 6.45) is 7.88. The van der Waals surface area contributed by atoms with E-state index in [0.29, 0.717) is 17.1 Å². The van der Waals surface area contributed by atoms with Crippen molar-refractivity contribution in [3.63, 3.8) is 0 Å². The van der Waals surface area contributed by atoms with Crippen LogP contribution in [0.1, 0.15) is 19.5 Å². The molecule has 126 valence electrons. The Balaban J connectivity index is 1.96. The molecule has 3 aromatic heterocycles. The molecule has 0 aliphatic heterocycles. The lowest BCUT2D eigenvalue weighted by Crippen LogP contribution is -2.36. The highest BCUT2D eigenvalue weighted by atomic mass is 19.1. The van der Waals surface area contributed by atoms with Crippen LogP contribution in [-0.2, 0) is 0 Å². The fourth-order valence-corrected chi connectivity index (χ4v) is 2.26. The summed E-state index contributed by atoms with van der Waals surface area (Å²) in [4.78, 5) is 4.21. The van der Waals surface area contributed by atoms with Crippen molar-refractivity contribution >= 4 is 5.57 Å². The number of hydrogen-bond acceptors (Lipinski definition) is 3. The summed E-state index contributed by atoms with van der Waals surface area (Å²) in [5, 5.41) is 19.1. The molecule has 6 nitrogen and oxygen atoms in total. The molecular formula is C18H17FN5O+. The van der Waals surface area contributed by atoms with E-state index in [1.165, 1.54) is 19.2 Å². The summed E-state index contributed by atoms with van der Waals surface area (Å²) in [7, 11) is 0. The second-order valence-electron chi connectivity index (χ2n) is 5.51. The van der Waals surface area contributed by atoms with Crippen LogP contribution >= 0.6 is 0 Å². The molecule has 0 amide bonds. The third kappa shape index (κ3) is 3.77. The molecule has 0 aromatic carbocycles. The van der Waals surface area contributed by atoms with Gasteiger partial charge in [-0.2, -0.15) is 4.73 Å². The smallest absolute Gasteiger partial charge is 0.246 e. The van der Waals surface area contributed by atoms with E-state index in [1.54, 1.807) is 47.4 Å². The minimum Gasteiger partial charge on any atom is -0.618 e. The van der Waals surface area contributed by atoms with Gasteiger partial charge in [0.25, 0.3) is 0 Å². The number of hydrogen-bond donors (Lipinski definition) is 1. The number of H-pyrrole nitrogens is 1. The van der Waals surface area contributed by atoms with Gasteiger partial charge in [0, 0.05) is 16.9 Å². The Morgan fingerprint density at radius 2 is 2.08 bits per heavy atom. The number of aromatic nitrogens is 5. The molecule has 7 heteroatoms. The summed E-state index contributed by atoms with van der Waals surface area (Å²) in [5.74, 6) is -0.272. The van der Waals surface area contributed by atoms with Crippen LogP contribution in [0.25, 0.3) is 22.6 Å². The Hall–Kier alpha value is -3.35. The quantitative estimate of drug-likeness (QED) is 0.451. The largest absolute Gasteiger partial charge is 0.618 e. The van der Waals surface area contributed by atoms with Crippen molar-refractivity contribution in [2.24, 2.45) is 0 Å². The van der Waals surface area contributed by atoms with Gasteiger partial charge in [-0.15, -0.1) is 4.68 Å². The van der Waals surface area contributed by atoms with Crippen LogP contribution in [0.15, 0.2) is 66.9 Å². The molecule has 0 aliphatic rings. The number of pyridine rings is 2. The molecular weight excluding hydrogens is 321 g/mol. The normalized spacial score (nSPS) is 12.4. The maximum atomic E-state index is 12.8. The zero-order valence-corrected chi connectivity index (χ0v) is 13.8. The molecule has 3 aromatic rings. The highest BCUT2D eigenvalue weighted by molar-refractivity contribution is 5.61. The average Bonchev–Trinajstić information content (AvgIpc) is 3.11. The van der Waals surface area contributed by atoms with Crippen LogP contribution in [0.4, 0.5) is 4.39 Å². The van der Waals surface area contributed by atoms with E-state index >= 15 is 0 Å². The monoisotopic (exact) mass is 338 g/mol. The molecule has 0 radical (unpaired) electrons. The van der Waals surface area contributed by atoms with E-state index in [9.17, 15) is 9.60 Å². The Bertz CT molecular complexity index is 943. The number of nitrogens with one attached hydrogen (secondary N) is 1. The zero-order valence-electron chi connectivity index (χ0n) is 13.8. The molecule has 3 heterocycles. The topological polar surface area (TPSA) is 72.4 Å². The molecule has 3 rings (SSSR count). The van der Waals surface area contributed by atoms with E-state index in [-0.39, 0.29) is 5.83 Å². The molecule has 0 atom stereocenters. The first kappa shape index (κ1) is 16.5. The Morgan fingerprint density at radius 3 is 2.80 bits per heavy atom. The van der Waals surface area contributed by atoms with Gasteiger partial charge in [0.1, 0.15) is 5.69 Å². The maximum Gasteiger partial charge on any atom is 0.246 e. The van der Waals surface area contributed by atoms with Crippen LogP contribution < -0.4 is 9.41 Å². The summed E-state index contributed by atoms with van der Waals surface area (Å²) in [6.45, 7) is 3.23. The minimum absolute atomic E-state index is 0.272. The summed E-state index contributed by atoms with van der Waals surface area (Å²) in [6, 6.07) is 8.79. The standard InChI is InChI=1S/C18H16FN5O/c1-13(6-7-14(2)19)17-12-23(22-21-17)15-8-10-24(25)18(11-15)16-5-3-4-9-20-16/h3-12H,1-2H3/p+1. The SMILES string of the molecule is CC(F)=CC=C(C)c1c[n+](-c2cc[n+]([O-])c(-c3ccccn3)c2)[nH]n1. The number of allylic oxidation sites excluding steroid dienone is 4. The van der Waals surface area contributed by atoms with Crippen molar-refractivity contribution in [3.05, 3.63) is 77.8 Å². The van der Waals surface area contributed by atoms with E-state index in [4.69, 9.17) is 0 Å².